The lowest BCUT2D eigenvalue weighted by molar-refractivity contribution is -0.184. The fraction of sp³-hybridized carbons (Fsp3) is 0.571. The Balaban J connectivity index is 1.59. The van der Waals surface area contributed by atoms with Crippen LogP contribution in [-0.2, 0) is 15.1 Å². The number of hydrogen-bond acceptors (Lipinski definition) is 4. The summed E-state index contributed by atoms with van der Waals surface area (Å²) in [6.07, 6.45) is 0. The Labute approximate surface area is 116 Å². The zero-order valence-corrected chi connectivity index (χ0v) is 11.3. The Kier molecular flexibility index (Phi) is 2.43. The van der Waals surface area contributed by atoms with Crippen LogP contribution in [0.4, 0.5) is 5.69 Å². The second-order valence-corrected chi connectivity index (χ2v) is 6.51. The van der Waals surface area contributed by atoms with Crippen molar-refractivity contribution in [3.63, 3.8) is 0 Å². The molecule has 1 aromatic carbocycles. The van der Waals surface area contributed by atoms with E-state index in [0.29, 0.717) is 23.7 Å². The largest absolute Gasteiger partial charge is 0.380 e. The molecule has 0 aromatic heterocycles. The van der Waals surface area contributed by atoms with E-state index in [2.05, 4.69) is 4.90 Å². The summed E-state index contributed by atoms with van der Waals surface area (Å²) in [5, 5.41) is 11.0. The Morgan fingerprint density at radius 2 is 1.74 bits per heavy atom. The van der Waals surface area contributed by atoms with Gasteiger partial charge in [-0.2, -0.15) is 0 Å². The predicted octanol–water partition coefficient (Wildman–Crippen LogP) is 1.39. The van der Waals surface area contributed by atoms with E-state index in [1.165, 1.54) is 0 Å². The lowest BCUT2D eigenvalue weighted by Crippen LogP contribution is -2.66. The molecule has 0 amide bonds. The molecule has 1 N–H and O–H groups in total. The monoisotopic (exact) mass is 281 g/mol. The molecule has 3 saturated heterocycles. The summed E-state index contributed by atoms with van der Waals surface area (Å²) in [7, 11) is 0. The predicted molar refractivity (Wildman–Crippen MR) is 71.6 cm³/mol. The number of hydrogen-bond donors (Lipinski definition) is 1. The van der Waals surface area contributed by atoms with Gasteiger partial charge in [0.2, 0.25) is 0 Å². The van der Waals surface area contributed by atoms with Crippen molar-refractivity contribution in [3.8, 4) is 0 Å². The molecule has 5 heteroatoms. The van der Waals surface area contributed by atoms with Crippen molar-refractivity contribution in [1.82, 2.24) is 0 Å². The minimum Gasteiger partial charge on any atom is -0.380 e. The summed E-state index contributed by atoms with van der Waals surface area (Å²) in [6, 6.07) is 5.82. The van der Waals surface area contributed by atoms with Gasteiger partial charge in [-0.15, -0.1) is 0 Å². The third kappa shape index (κ3) is 1.78. The maximum atomic E-state index is 10.3. The molecule has 0 atom stereocenters. The number of rotatable bonds is 2. The smallest absolute Gasteiger partial charge is 0.136 e. The van der Waals surface area contributed by atoms with Gasteiger partial charge in [0, 0.05) is 23.8 Å². The molecule has 0 aliphatic carbocycles. The molecule has 4 rings (SSSR count). The molecule has 3 fully saturated rings. The van der Waals surface area contributed by atoms with Crippen LogP contribution in [0.3, 0.4) is 0 Å². The lowest BCUT2D eigenvalue weighted by Gasteiger charge is -2.56. The first-order valence-electron chi connectivity index (χ1n) is 6.53. The maximum Gasteiger partial charge on any atom is 0.136 e. The van der Waals surface area contributed by atoms with Gasteiger partial charge in [-0.05, 0) is 23.8 Å². The van der Waals surface area contributed by atoms with E-state index >= 15 is 0 Å². The molecule has 3 aliphatic heterocycles. The van der Waals surface area contributed by atoms with Crippen molar-refractivity contribution in [2.75, 3.05) is 44.4 Å². The zero-order valence-electron chi connectivity index (χ0n) is 10.6. The van der Waals surface area contributed by atoms with Crippen molar-refractivity contribution in [2.45, 2.75) is 5.60 Å². The number of benzene rings is 1. The fourth-order valence-electron chi connectivity index (χ4n) is 3.01. The van der Waals surface area contributed by atoms with Crippen LogP contribution < -0.4 is 4.90 Å². The topological polar surface area (TPSA) is 41.9 Å². The van der Waals surface area contributed by atoms with E-state index in [9.17, 15) is 5.11 Å². The van der Waals surface area contributed by atoms with Crippen LogP contribution in [0.15, 0.2) is 18.2 Å². The minimum atomic E-state index is -0.859. The number of anilines is 1. The van der Waals surface area contributed by atoms with Crippen molar-refractivity contribution in [1.29, 1.82) is 0 Å². The first-order valence-corrected chi connectivity index (χ1v) is 6.90. The summed E-state index contributed by atoms with van der Waals surface area (Å²) in [5.74, 6) is 0. The molecule has 0 unspecified atom stereocenters. The average Bonchev–Trinajstić information content (AvgIpc) is 2.21. The summed E-state index contributed by atoms with van der Waals surface area (Å²) in [5.41, 5.74) is 1.45. The van der Waals surface area contributed by atoms with Crippen LogP contribution in [0, 0.1) is 5.41 Å². The Hall–Kier alpha value is -0.810. The van der Waals surface area contributed by atoms with Gasteiger partial charge in [0.15, 0.2) is 0 Å². The van der Waals surface area contributed by atoms with Gasteiger partial charge in [0.1, 0.15) is 5.60 Å². The van der Waals surface area contributed by atoms with Gasteiger partial charge < -0.3 is 19.5 Å². The molecular weight excluding hydrogens is 266 g/mol. The van der Waals surface area contributed by atoms with Crippen molar-refractivity contribution in [3.05, 3.63) is 28.8 Å². The molecule has 19 heavy (non-hydrogen) atoms. The van der Waals surface area contributed by atoms with Crippen LogP contribution in [-0.4, -0.2) is 44.6 Å². The summed E-state index contributed by atoms with van der Waals surface area (Å²) in [4.78, 5) is 2.29. The quantitative estimate of drug-likeness (QED) is 0.890. The molecule has 3 heterocycles. The van der Waals surface area contributed by atoms with Gasteiger partial charge in [0.05, 0.1) is 31.8 Å². The van der Waals surface area contributed by atoms with Crippen LogP contribution in [0.25, 0.3) is 0 Å². The molecule has 0 radical (unpaired) electrons. The molecule has 3 aliphatic rings. The summed E-state index contributed by atoms with van der Waals surface area (Å²) < 4.78 is 10.4. The van der Waals surface area contributed by atoms with E-state index in [-0.39, 0.29) is 0 Å². The first kappa shape index (κ1) is 12.0. The standard InChI is InChI=1S/C14H16ClNO3/c15-11-1-10(14(17)8-19-9-14)2-12(3-11)16-4-13(5-16)6-18-7-13/h1-3,17H,4-9H2. The minimum absolute atomic E-state index is 0.352. The second-order valence-electron chi connectivity index (χ2n) is 6.07. The Bertz CT molecular complexity index is 517. The van der Waals surface area contributed by atoms with Crippen molar-refractivity contribution in [2.24, 2.45) is 5.41 Å². The van der Waals surface area contributed by atoms with Crippen LogP contribution in [0.5, 0.6) is 0 Å². The van der Waals surface area contributed by atoms with Crippen LogP contribution >= 0.6 is 11.6 Å². The van der Waals surface area contributed by atoms with E-state index in [0.717, 1.165) is 37.6 Å². The first-order chi connectivity index (χ1) is 9.09. The molecular formula is C14H16ClNO3. The SMILES string of the molecule is OC1(c2cc(Cl)cc(N3CC4(COC4)C3)c2)COC1. The highest BCUT2D eigenvalue weighted by Gasteiger charge is 2.49. The number of nitrogens with zero attached hydrogens (tertiary/aromatic N) is 1. The highest BCUT2D eigenvalue weighted by atomic mass is 35.5. The zero-order chi connectivity index (χ0) is 13.1. The molecule has 0 bridgehead atoms. The van der Waals surface area contributed by atoms with Gasteiger partial charge in [-0.25, -0.2) is 0 Å². The van der Waals surface area contributed by atoms with Crippen molar-refractivity contribution < 1.29 is 14.6 Å². The third-order valence-corrected chi connectivity index (χ3v) is 4.55. The summed E-state index contributed by atoms with van der Waals surface area (Å²) in [6.45, 7) is 4.47. The maximum absolute atomic E-state index is 10.3. The Morgan fingerprint density at radius 1 is 1.05 bits per heavy atom. The summed E-state index contributed by atoms with van der Waals surface area (Å²) >= 11 is 6.18. The van der Waals surface area contributed by atoms with Crippen LogP contribution in [0.1, 0.15) is 5.56 Å². The second kappa shape index (κ2) is 3.85. The van der Waals surface area contributed by atoms with E-state index in [4.69, 9.17) is 21.1 Å². The molecule has 1 spiro atoms. The van der Waals surface area contributed by atoms with Gasteiger partial charge >= 0.3 is 0 Å². The number of ether oxygens (including phenoxy) is 2. The number of aliphatic hydroxyl groups is 1. The van der Waals surface area contributed by atoms with Gasteiger partial charge in [-0.3, -0.25) is 0 Å². The van der Waals surface area contributed by atoms with E-state index < -0.39 is 5.60 Å². The average molecular weight is 282 g/mol. The fourth-order valence-corrected chi connectivity index (χ4v) is 3.24. The molecule has 102 valence electrons. The Morgan fingerprint density at radius 3 is 2.26 bits per heavy atom. The molecule has 1 aromatic rings. The van der Waals surface area contributed by atoms with E-state index in [1.807, 2.05) is 18.2 Å². The van der Waals surface area contributed by atoms with Gasteiger partial charge in [0.25, 0.3) is 0 Å². The third-order valence-electron chi connectivity index (χ3n) is 4.34. The normalized spacial score (nSPS) is 26.5. The van der Waals surface area contributed by atoms with Gasteiger partial charge in [-0.1, -0.05) is 11.6 Å². The number of halogens is 1. The van der Waals surface area contributed by atoms with E-state index in [1.54, 1.807) is 0 Å². The highest BCUT2D eigenvalue weighted by Crippen LogP contribution is 2.42. The molecule has 4 nitrogen and oxygen atoms in total. The van der Waals surface area contributed by atoms with Crippen LogP contribution in [0.2, 0.25) is 5.02 Å². The molecule has 0 saturated carbocycles. The lowest BCUT2D eigenvalue weighted by atomic mass is 9.77. The highest BCUT2D eigenvalue weighted by molar-refractivity contribution is 6.31. The van der Waals surface area contributed by atoms with Crippen molar-refractivity contribution >= 4 is 17.3 Å².